The third-order valence-corrected chi connectivity index (χ3v) is 8.43. The lowest BCUT2D eigenvalue weighted by Gasteiger charge is -2.25. The van der Waals surface area contributed by atoms with Crippen molar-refractivity contribution in [1.29, 1.82) is 0 Å². The summed E-state index contributed by atoms with van der Waals surface area (Å²) in [5, 5.41) is 6.28. The van der Waals surface area contributed by atoms with Crippen molar-refractivity contribution in [2.24, 2.45) is 10.4 Å². The second-order valence-corrected chi connectivity index (χ2v) is 13.1. The third-order valence-electron chi connectivity index (χ3n) is 6.34. The largest absolute Gasteiger partial charge is 0.494 e. The number of amides is 2. The normalized spacial score (nSPS) is 14.7. The predicted octanol–water partition coefficient (Wildman–Crippen LogP) is 6.03. The molecule has 1 unspecified atom stereocenters. The van der Waals surface area contributed by atoms with Crippen LogP contribution in [-0.4, -0.2) is 47.7 Å². The van der Waals surface area contributed by atoms with Crippen LogP contribution in [-0.2, 0) is 20.7 Å². The van der Waals surface area contributed by atoms with Crippen LogP contribution < -0.4 is 21.1 Å². The molecule has 0 bridgehead atoms. The maximum Gasteiger partial charge on any atom is 0.230 e. The van der Waals surface area contributed by atoms with Crippen molar-refractivity contribution in [2.45, 2.75) is 56.8 Å². The minimum atomic E-state index is -0.128. The quantitative estimate of drug-likeness (QED) is 0.125. The molecule has 3 aromatic rings. The van der Waals surface area contributed by atoms with E-state index >= 15 is 0 Å². The molecule has 4 N–H and O–H groups in total. The van der Waals surface area contributed by atoms with Gasteiger partial charge in [-0.1, -0.05) is 56.4 Å². The van der Waals surface area contributed by atoms with Gasteiger partial charge in [-0.3, -0.25) is 14.6 Å². The lowest BCUT2D eigenvalue weighted by Crippen LogP contribution is -2.29. The molecule has 1 aliphatic rings. The van der Waals surface area contributed by atoms with E-state index in [1.54, 1.807) is 30.1 Å². The van der Waals surface area contributed by atoms with Gasteiger partial charge in [-0.15, -0.1) is 11.8 Å². The first-order chi connectivity index (χ1) is 19.7. The standard InChI is InChI=1S/C30H37N5O4S2/c1-30(2,3)24-17-32-27(39-24)19-40-28-18-33-29(41-28)35-26(37)16-20-11-13-21(14-12-20)38-15-7-6-10-25(36)34-23-9-5-4-8-22(23)31/h4-5,8-9,11-14,18,24H,6-7,10,15-17,19,31H2,1-3H3,(H,34,36)(H,33,35,37). The summed E-state index contributed by atoms with van der Waals surface area (Å²) in [6, 6.07) is 14.7. The van der Waals surface area contributed by atoms with Gasteiger partial charge in [-0.05, 0) is 42.7 Å². The number of ether oxygens (including phenoxy) is 2. The van der Waals surface area contributed by atoms with E-state index in [2.05, 4.69) is 41.4 Å². The van der Waals surface area contributed by atoms with E-state index in [1.807, 2.05) is 36.4 Å². The number of unbranched alkanes of at least 4 members (excludes halogenated alkanes) is 1. The zero-order valence-electron chi connectivity index (χ0n) is 23.6. The molecule has 0 fully saturated rings. The van der Waals surface area contributed by atoms with E-state index in [9.17, 15) is 9.59 Å². The molecule has 218 valence electrons. The summed E-state index contributed by atoms with van der Waals surface area (Å²) in [7, 11) is 0. The number of nitrogen functional groups attached to an aromatic ring is 1. The Balaban J connectivity index is 1.11. The Morgan fingerprint density at radius 1 is 1.10 bits per heavy atom. The number of nitrogens with two attached hydrogens (primary N) is 1. The topological polar surface area (TPSA) is 128 Å². The van der Waals surface area contributed by atoms with Crippen molar-refractivity contribution in [1.82, 2.24) is 4.98 Å². The number of benzene rings is 2. The van der Waals surface area contributed by atoms with Crippen LogP contribution in [0.1, 0.15) is 45.6 Å². The minimum Gasteiger partial charge on any atom is -0.494 e. The van der Waals surface area contributed by atoms with Crippen LogP contribution >= 0.6 is 23.1 Å². The van der Waals surface area contributed by atoms with E-state index in [0.717, 1.165) is 27.8 Å². The molecule has 1 aromatic heterocycles. The van der Waals surface area contributed by atoms with Gasteiger partial charge in [0.1, 0.15) is 11.9 Å². The number of aliphatic imine (C=N–C) groups is 1. The number of rotatable bonds is 13. The fourth-order valence-electron chi connectivity index (χ4n) is 3.92. The predicted molar refractivity (Wildman–Crippen MR) is 167 cm³/mol. The summed E-state index contributed by atoms with van der Waals surface area (Å²) in [6.45, 7) is 7.66. The molecule has 11 heteroatoms. The van der Waals surface area contributed by atoms with E-state index in [1.165, 1.54) is 11.3 Å². The lowest BCUT2D eigenvalue weighted by molar-refractivity contribution is -0.116. The molecule has 0 spiro atoms. The van der Waals surface area contributed by atoms with Crippen LogP contribution in [0.2, 0.25) is 0 Å². The average Bonchev–Trinajstić information content (AvgIpc) is 3.59. The molecule has 9 nitrogen and oxygen atoms in total. The number of hydrogen-bond acceptors (Lipinski definition) is 9. The highest BCUT2D eigenvalue weighted by molar-refractivity contribution is 8.01. The Kier molecular flexibility index (Phi) is 10.6. The van der Waals surface area contributed by atoms with Crippen molar-refractivity contribution < 1.29 is 19.1 Å². The highest BCUT2D eigenvalue weighted by atomic mass is 32.2. The Bertz CT molecular complexity index is 1350. The highest BCUT2D eigenvalue weighted by Crippen LogP contribution is 2.31. The number of thiazole rings is 1. The second-order valence-electron chi connectivity index (χ2n) is 10.8. The van der Waals surface area contributed by atoms with Gasteiger partial charge in [0.05, 0.1) is 47.1 Å². The molecule has 0 saturated carbocycles. The van der Waals surface area contributed by atoms with Crippen LogP contribution in [0.15, 0.2) is 63.9 Å². The average molecular weight is 596 g/mol. The maximum atomic E-state index is 12.5. The van der Waals surface area contributed by atoms with Crippen molar-refractivity contribution in [3.05, 3.63) is 60.3 Å². The molecule has 41 heavy (non-hydrogen) atoms. The molecule has 2 amide bonds. The van der Waals surface area contributed by atoms with Crippen molar-refractivity contribution >= 4 is 57.3 Å². The van der Waals surface area contributed by atoms with Gasteiger partial charge in [-0.25, -0.2) is 4.98 Å². The summed E-state index contributed by atoms with van der Waals surface area (Å²) in [6.07, 6.45) is 3.96. The fourth-order valence-corrected chi connectivity index (χ4v) is 5.69. The zero-order valence-corrected chi connectivity index (χ0v) is 25.3. The Hall–Kier alpha value is -3.57. The number of nitrogens with zero attached hydrogens (tertiary/aromatic N) is 2. The smallest absolute Gasteiger partial charge is 0.230 e. The first-order valence-corrected chi connectivity index (χ1v) is 15.4. The van der Waals surface area contributed by atoms with Gasteiger partial charge in [0.15, 0.2) is 11.0 Å². The SMILES string of the molecule is CC(C)(C)C1CN=C(CSc2cnc(NC(=O)Cc3ccc(OCCCCC(=O)Nc4ccccc4N)cc3)s2)O1. The Morgan fingerprint density at radius 3 is 2.61 bits per heavy atom. The molecular formula is C30H37N5O4S2. The van der Waals surface area contributed by atoms with Crippen LogP contribution in [0.4, 0.5) is 16.5 Å². The molecule has 4 rings (SSSR count). The van der Waals surface area contributed by atoms with Crippen LogP contribution in [0.5, 0.6) is 5.75 Å². The summed E-state index contributed by atoms with van der Waals surface area (Å²) in [5.74, 6) is 1.94. The second kappa shape index (κ2) is 14.4. The number of aromatic nitrogens is 1. The monoisotopic (exact) mass is 595 g/mol. The number of thioether (sulfide) groups is 1. The van der Waals surface area contributed by atoms with Crippen LogP contribution in [0, 0.1) is 5.41 Å². The van der Waals surface area contributed by atoms with Gasteiger partial charge in [-0.2, -0.15) is 0 Å². The molecule has 0 radical (unpaired) electrons. The summed E-state index contributed by atoms with van der Waals surface area (Å²) in [4.78, 5) is 33.5. The maximum absolute atomic E-state index is 12.5. The number of carbonyl (C=O) groups excluding carboxylic acids is 2. The number of hydrogen-bond donors (Lipinski definition) is 3. The van der Waals surface area contributed by atoms with E-state index in [0.29, 0.717) is 48.3 Å². The van der Waals surface area contributed by atoms with Gasteiger partial charge in [0, 0.05) is 11.8 Å². The van der Waals surface area contributed by atoms with E-state index in [-0.39, 0.29) is 29.8 Å². The summed E-state index contributed by atoms with van der Waals surface area (Å²) >= 11 is 3.04. The Labute approximate surface area is 249 Å². The van der Waals surface area contributed by atoms with Gasteiger partial charge in [0.25, 0.3) is 0 Å². The van der Waals surface area contributed by atoms with Crippen molar-refractivity contribution in [3.63, 3.8) is 0 Å². The van der Waals surface area contributed by atoms with Crippen molar-refractivity contribution in [2.75, 3.05) is 35.3 Å². The number of anilines is 3. The first-order valence-electron chi connectivity index (χ1n) is 13.6. The number of carbonyl (C=O) groups is 2. The van der Waals surface area contributed by atoms with Crippen molar-refractivity contribution in [3.8, 4) is 5.75 Å². The molecule has 0 aliphatic carbocycles. The molecule has 2 aromatic carbocycles. The third kappa shape index (κ3) is 9.79. The molecular weight excluding hydrogens is 558 g/mol. The van der Waals surface area contributed by atoms with Gasteiger partial charge < -0.3 is 25.8 Å². The minimum absolute atomic E-state index is 0.0607. The van der Waals surface area contributed by atoms with Crippen LogP contribution in [0.25, 0.3) is 0 Å². The molecule has 1 atom stereocenters. The van der Waals surface area contributed by atoms with Gasteiger partial charge in [0.2, 0.25) is 11.8 Å². The van der Waals surface area contributed by atoms with E-state index < -0.39 is 0 Å². The van der Waals surface area contributed by atoms with Gasteiger partial charge >= 0.3 is 0 Å². The summed E-state index contributed by atoms with van der Waals surface area (Å²) in [5.41, 5.74) is 7.98. The van der Waals surface area contributed by atoms with E-state index in [4.69, 9.17) is 15.2 Å². The highest BCUT2D eigenvalue weighted by Gasteiger charge is 2.31. The molecule has 1 aliphatic heterocycles. The number of para-hydroxylation sites is 2. The molecule has 2 heterocycles. The lowest BCUT2D eigenvalue weighted by atomic mass is 9.89. The zero-order chi connectivity index (χ0) is 29.2. The first kappa shape index (κ1) is 30.4. The summed E-state index contributed by atoms with van der Waals surface area (Å²) < 4.78 is 12.8. The van der Waals surface area contributed by atoms with Crippen LogP contribution in [0.3, 0.4) is 0 Å². The molecule has 0 saturated heterocycles. The number of nitrogens with one attached hydrogen (secondary N) is 2. The fraction of sp³-hybridized carbons (Fsp3) is 0.400. The Morgan fingerprint density at radius 2 is 1.88 bits per heavy atom.